The van der Waals surface area contributed by atoms with Gasteiger partial charge in [0.15, 0.2) is 5.13 Å². The number of thiazole rings is 1. The number of rotatable bonds is 9. The van der Waals surface area contributed by atoms with Gasteiger partial charge in [0.05, 0.1) is 33.8 Å². The number of urea groups is 1. The lowest BCUT2D eigenvalue weighted by atomic mass is 9.96. The highest BCUT2D eigenvalue weighted by Gasteiger charge is 2.28. The van der Waals surface area contributed by atoms with Crippen LogP contribution in [0.5, 0.6) is 5.75 Å². The van der Waals surface area contributed by atoms with Crippen molar-refractivity contribution in [3.8, 4) is 5.75 Å². The Balaban J connectivity index is 0.930. The van der Waals surface area contributed by atoms with E-state index in [4.69, 9.17) is 9.72 Å². The van der Waals surface area contributed by atoms with Crippen molar-refractivity contribution >= 4 is 61.7 Å². The van der Waals surface area contributed by atoms with Crippen LogP contribution in [0.4, 0.5) is 27.1 Å². The minimum absolute atomic E-state index is 0.148. The Kier molecular flexibility index (Phi) is 9.91. The van der Waals surface area contributed by atoms with Gasteiger partial charge in [0.1, 0.15) is 17.3 Å². The number of piperidine rings is 1. The molecule has 0 atom stereocenters. The molecule has 0 bridgehead atoms. The molecule has 6 heterocycles. The molecule has 7 rings (SSSR count). The summed E-state index contributed by atoms with van der Waals surface area (Å²) in [7, 11) is 1.65. The standard InChI is InChI=1S/C36H43N9O5S/c1-23(2)50-29-20-28-30(19-26(29)33(47)38-27-5-4-11-41(3)34(27)48)51-36(39-28)44-17-15-42(16-18-44)22-24-8-12-43(13-9-24)31-7-6-25(21-37-31)45-14-10-32(46)40-35(45)49/h4-7,11,19-21,23-24H,8-10,12-18,22H2,1-3H3,(H,38,47)(H,40,46,49). The minimum Gasteiger partial charge on any atom is -0.490 e. The number of piperazine rings is 1. The maximum atomic E-state index is 13.4. The molecule has 0 saturated carbocycles. The van der Waals surface area contributed by atoms with E-state index in [0.29, 0.717) is 29.5 Å². The molecule has 1 aromatic carbocycles. The lowest BCUT2D eigenvalue weighted by Gasteiger charge is -2.39. The van der Waals surface area contributed by atoms with Crippen LogP contribution in [-0.4, -0.2) is 95.7 Å². The summed E-state index contributed by atoms with van der Waals surface area (Å²) in [4.78, 5) is 67.9. The lowest BCUT2D eigenvalue weighted by molar-refractivity contribution is -0.120. The highest BCUT2D eigenvalue weighted by molar-refractivity contribution is 7.22. The van der Waals surface area contributed by atoms with Crippen LogP contribution < -0.4 is 35.6 Å². The predicted octanol–water partition coefficient (Wildman–Crippen LogP) is 3.91. The number of fused-ring (bicyclic) bond motifs is 1. The molecule has 0 spiro atoms. The molecule has 2 N–H and O–H groups in total. The van der Waals surface area contributed by atoms with E-state index < -0.39 is 11.9 Å². The van der Waals surface area contributed by atoms with Gasteiger partial charge < -0.3 is 24.4 Å². The van der Waals surface area contributed by atoms with Crippen molar-refractivity contribution in [2.75, 3.05) is 72.4 Å². The summed E-state index contributed by atoms with van der Waals surface area (Å²) in [6, 6.07) is 10.4. The number of carbonyl (C=O) groups is 3. The van der Waals surface area contributed by atoms with Crippen LogP contribution in [0.25, 0.3) is 10.2 Å². The normalized spacial score (nSPS) is 17.7. The molecule has 3 aromatic heterocycles. The molecule has 3 fully saturated rings. The molecule has 14 nitrogen and oxygen atoms in total. The van der Waals surface area contributed by atoms with E-state index in [9.17, 15) is 19.2 Å². The Morgan fingerprint density at radius 2 is 1.80 bits per heavy atom. The minimum atomic E-state index is -0.401. The molecule has 0 unspecified atom stereocenters. The second kappa shape index (κ2) is 14.7. The van der Waals surface area contributed by atoms with Gasteiger partial charge in [-0.3, -0.25) is 29.5 Å². The van der Waals surface area contributed by atoms with Crippen molar-refractivity contribution in [2.24, 2.45) is 13.0 Å². The number of pyridine rings is 2. The maximum Gasteiger partial charge on any atom is 0.328 e. The van der Waals surface area contributed by atoms with E-state index >= 15 is 0 Å². The van der Waals surface area contributed by atoms with Gasteiger partial charge in [-0.1, -0.05) is 11.3 Å². The van der Waals surface area contributed by atoms with Crippen LogP contribution in [0, 0.1) is 5.92 Å². The topological polar surface area (TPSA) is 145 Å². The Labute approximate surface area is 300 Å². The number of nitrogens with zero attached hydrogens (tertiary/aromatic N) is 7. The van der Waals surface area contributed by atoms with E-state index in [1.54, 1.807) is 47.8 Å². The highest BCUT2D eigenvalue weighted by atomic mass is 32.1. The molecular weight excluding hydrogens is 671 g/mol. The van der Waals surface area contributed by atoms with Gasteiger partial charge in [-0.25, -0.2) is 14.8 Å². The van der Waals surface area contributed by atoms with Gasteiger partial charge in [-0.05, 0) is 62.9 Å². The summed E-state index contributed by atoms with van der Waals surface area (Å²) in [5, 5.41) is 6.05. The van der Waals surface area contributed by atoms with Crippen molar-refractivity contribution < 1.29 is 19.1 Å². The third-order valence-electron chi connectivity index (χ3n) is 9.65. The van der Waals surface area contributed by atoms with Gasteiger partial charge in [0.25, 0.3) is 11.5 Å². The summed E-state index contributed by atoms with van der Waals surface area (Å²) in [6.45, 7) is 10.8. The van der Waals surface area contributed by atoms with Crippen molar-refractivity contribution in [1.29, 1.82) is 0 Å². The second-order valence-electron chi connectivity index (χ2n) is 13.6. The van der Waals surface area contributed by atoms with Crippen LogP contribution >= 0.6 is 11.3 Å². The van der Waals surface area contributed by atoms with Crippen LogP contribution in [-0.2, 0) is 11.8 Å². The Morgan fingerprint density at radius 1 is 1.02 bits per heavy atom. The summed E-state index contributed by atoms with van der Waals surface area (Å²) in [6.07, 6.45) is 5.68. The number of benzene rings is 1. The van der Waals surface area contributed by atoms with E-state index in [1.807, 2.05) is 38.1 Å². The first-order valence-electron chi connectivity index (χ1n) is 17.5. The van der Waals surface area contributed by atoms with Crippen molar-refractivity contribution in [2.45, 2.75) is 39.2 Å². The first-order chi connectivity index (χ1) is 24.6. The fraction of sp³-hybridized carbons (Fsp3) is 0.444. The monoisotopic (exact) mass is 713 g/mol. The number of nitrogens with one attached hydrogen (secondary N) is 2. The number of carbonyl (C=O) groups excluding carboxylic acids is 3. The quantitative estimate of drug-likeness (QED) is 0.262. The Morgan fingerprint density at radius 3 is 2.51 bits per heavy atom. The smallest absolute Gasteiger partial charge is 0.328 e. The van der Waals surface area contributed by atoms with E-state index in [0.717, 1.165) is 79.8 Å². The molecule has 15 heteroatoms. The molecule has 3 saturated heterocycles. The predicted molar refractivity (Wildman–Crippen MR) is 198 cm³/mol. The zero-order chi connectivity index (χ0) is 35.6. The molecular formula is C36H43N9O5S. The van der Waals surface area contributed by atoms with Gasteiger partial charge in [0, 0.05) is 78.1 Å². The summed E-state index contributed by atoms with van der Waals surface area (Å²) in [5.41, 5.74) is 1.77. The van der Waals surface area contributed by atoms with E-state index in [1.165, 1.54) is 4.57 Å². The van der Waals surface area contributed by atoms with Gasteiger partial charge >= 0.3 is 6.03 Å². The largest absolute Gasteiger partial charge is 0.490 e. The average Bonchev–Trinajstić information content (AvgIpc) is 3.53. The molecule has 4 aromatic rings. The first-order valence-corrected chi connectivity index (χ1v) is 18.3. The Hall–Kier alpha value is -5.02. The third kappa shape index (κ3) is 7.69. The molecule has 0 aliphatic carbocycles. The number of imide groups is 1. The summed E-state index contributed by atoms with van der Waals surface area (Å²) in [5.74, 6) is 1.32. The van der Waals surface area contributed by atoms with Crippen molar-refractivity contribution in [3.05, 3.63) is 64.7 Å². The zero-order valence-corrected chi connectivity index (χ0v) is 29.9. The van der Waals surface area contributed by atoms with E-state index in [-0.39, 0.29) is 29.7 Å². The number of hydrogen-bond donors (Lipinski definition) is 2. The maximum absolute atomic E-state index is 13.4. The van der Waals surface area contributed by atoms with Crippen LogP contribution in [0.1, 0.15) is 43.5 Å². The van der Waals surface area contributed by atoms with Crippen molar-refractivity contribution in [3.63, 3.8) is 0 Å². The number of amides is 4. The average molecular weight is 714 g/mol. The summed E-state index contributed by atoms with van der Waals surface area (Å²) >= 11 is 1.57. The number of anilines is 4. The Bertz CT molecular complexity index is 1980. The fourth-order valence-electron chi connectivity index (χ4n) is 6.86. The van der Waals surface area contributed by atoms with Gasteiger partial charge in [0.2, 0.25) is 5.91 Å². The first kappa shape index (κ1) is 34.4. The molecule has 3 aliphatic rings. The zero-order valence-electron chi connectivity index (χ0n) is 29.1. The second-order valence-corrected chi connectivity index (χ2v) is 14.6. The van der Waals surface area contributed by atoms with E-state index in [2.05, 4.69) is 30.3 Å². The fourth-order valence-corrected chi connectivity index (χ4v) is 7.89. The number of ether oxygens (including phenoxy) is 1. The van der Waals surface area contributed by atoms with Crippen molar-refractivity contribution in [1.82, 2.24) is 24.8 Å². The number of hydrogen-bond acceptors (Lipinski definition) is 11. The third-order valence-corrected chi connectivity index (χ3v) is 10.7. The molecule has 0 radical (unpaired) electrons. The van der Waals surface area contributed by atoms with Crippen LogP contribution in [0.2, 0.25) is 0 Å². The van der Waals surface area contributed by atoms with Crippen LogP contribution in [0.3, 0.4) is 0 Å². The molecule has 4 amide bonds. The SMILES string of the molecule is CC(C)Oc1cc2nc(N3CCN(CC4CCN(c5ccc(N6CCC(=O)NC6=O)cn5)CC4)CC3)sc2cc1C(=O)Nc1cccn(C)c1=O. The number of aryl methyl sites for hydroxylation is 1. The summed E-state index contributed by atoms with van der Waals surface area (Å²) < 4.78 is 8.36. The number of aromatic nitrogens is 3. The van der Waals surface area contributed by atoms with Crippen LogP contribution in [0.15, 0.2) is 53.6 Å². The lowest BCUT2D eigenvalue weighted by Crippen LogP contribution is -2.49. The van der Waals surface area contributed by atoms with Gasteiger partial charge in [-0.2, -0.15) is 0 Å². The molecule has 51 heavy (non-hydrogen) atoms. The van der Waals surface area contributed by atoms with Gasteiger partial charge in [-0.15, -0.1) is 0 Å². The molecule has 3 aliphatic heterocycles. The highest BCUT2D eigenvalue weighted by Crippen LogP contribution is 2.35. The molecule has 268 valence electrons.